The van der Waals surface area contributed by atoms with E-state index in [0.29, 0.717) is 35.2 Å². The molecule has 3 aromatic heterocycles. The van der Waals surface area contributed by atoms with Crippen molar-refractivity contribution in [3.05, 3.63) is 72.4 Å². The van der Waals surface area contributed by atoms with Crippen molar-refractivity contribution in [3.63, 3.8) is 0 Å². The van der Waals surface area contributed by atoms with Gasteiger partial charge in [-0.1, -0.05) is 24.3 Å². The molecule has 2 N–H and O–H groups in total. The first-order chi connectivity index (χ1) is 18.5. The quantitative estimate of drug-likeness (QED) is 0.339. The molecule has 1 aliphatic rings. The molecule has 10 heteroatoms. The molecule has 38 heavy (non-hydrogen) atoms. The predicted molar refractivity (Wildman–Crippen MR) is 141 cm³/mol. The zero-order chi connectivity index (χ0) is 26.2. The fourth-order valence-corrected chi connectivity index (χ4v) is 5.11. The standard InChI is InChI=1S/C28H28FN7O2/c1-35-16-31-33-27(35)22-13-20(29)9-10-21(22)18-5-3-6-19(12-18)26-32-28-25(38-2)11-17(15-36(28)34-26)14-30-23-7-4-8-24(23)37/h3,5-6,9-13,15-16,23-24,30,37H,4,7-8,14H2,1-2H3/t23-,24+/m1/s1. The summed E-state index contributed by atoms with van der Waals surface area (Å²) < 4.78 is 23.3. The third kappa shape index (κ3) is 4.52. The minimum absolute atomic E-state index is 0.101. The van der Waals surface area contributed by atoms with Crippen LogP contribution in [0.3, 0.4) is 0 Å². The summed E-state index contributed by atoms with van der Waals surface area (Å²) in [5, 5.41) is 26.5. The number of ether oxygens (including phenoxy) is 1. The summed E-state index contributed by atoms with van der Waals surface area (Å²) in [5.74, 6) is 1.40. The monoisotopic (exact) mass is 513 g/mol. The van der Waals surface area contributed by atoms with Gasteiger partial charge in [0.05, 0.1) is 13.2 Å². The second-order valence-corrected chi connectivity index (χ2v) is 9.64. The zero-order valence-corrected chi connectivity index (χ0v) is 21.2. The molecule has 0 amide bonds. The van der Waals surface area contributed by atoms with Crippen molar-refractivity contribution < 1.29 is 14.2 Å². The average molecular weight is 514 g/mol. The maximum absolute atomic E-state index is 14.2. The van der Waals surface area contributed by atoms with Gasteiger partial charge in [0, 0.05) is 37.0 Å². The minimum atomic E-state index is -0.343. The van der Waals surface area contributed by atoms with E-state index in [0.717, 1.165) is 41.5 Å². The molecule has 194 valence electrons. The van der Waals surface area contributed by atoms with Crippen LogP contribution in [0.1, 0.15) is 24.8 Å². The van der Waals surface area contributed by atoms with Crippen molar-refractivity contribution in [2.24, 2.45) is 7.05 Å². The van der Waals surface area contributed by atoms with Gasteiger partial charge in [0.25, 0.3) is 0 Å². The van der Waals surface area contributed by atoms with Crippen molar-refractivity contribution in [1.82, 2.24) is 34.7 Å². The number of pyridine rings is 1. The Kier molecular flexibility index (Phi) is 6.34. The number of hydrogen-bond donors (Lipinski definition) is 2. The molecule has 0 aliphatic heterocycles. The summed E-state index contributed by atoms with van der Waals surface area (Å²) >= 11 is 0. The molecule has 1 fully saturated rings. The second-order valence-electron chi connectivity index (χ2n) is 9.64. The van der Waals surface area contributed by atoms with Crippen LogP contribution in [0.2, 0.25) is 0 Å². The van der Waals surface area contributed by atoms with Gasteiger partial charge in [0.15, 0.2) is 23.0 Å². The van der Waals surface area contributed by atoms with Crippen molar-refractivity contribution in [3.8, 4) is 39.7 Å². The van der Waals surface area contributed by atoms with E-state index in [1.54, 1.807) is 28.6 Å². The minimum Gasteiger partial charge on any atom is -0.493 e. The number of aryl methyl sites for hydroxylation is 1. The Labute approximate surface area is 218 Å². The molecule has 9 nitrogen and oxygen atoms in total. The van der Waals surface area contributed by atoms with E-state index in [4.69, 9.17) is 14.8 Å². The highest BCUT2D eigenvalue weighted by atomic mass is 19.1. The Morgan fingerprint density at radius 1 is 1.11 bits per heavy atom. The highest BCUT2D eigenvalue weighted by Crippen LogP contribution is 2.34. The Bertz CT molecular complexity index is 1610. The fourth-order valence-electron chi connectivity index (χ4n) is 5.11. The van der Waals surface area contributed by atoms with Crippen molar-refractivity contribution in [1.29, 1.82) is 0 Å². The summed E-state index contributed by atoms with van der Waals surface area (Å²) in [6.45, 7) is 0.591. The highest BCUT2D eigenvalue weighted by molar-refractivity contribution is 5.82. The Balaban J connectivity index is 1.35. The van der Waals surface area contributed by atoms with Crippen LogP contribution >= 0.6 is 0 Å². The molecule has 0 radical (unpaired) electrons. The SMILES string of the molecule is COc1cc(CN[C@@H]2CCC[C@@H]2O)cn2nc(-c3cccc(-c4ccc(F)cc4-c4nncn4C)c3)nc12. The van der Waals surface area contributed by atoms with Gasteiger partial charge < -0.3 is 19.7 Å². The van der Waals surface area contributed by atoms with Crippen LogP contribution in [-0.2, 0) is 13.6 Å². The Morgan fingerprint density at radius 2 is 1.97 bits per heavy atom. The molecule has 1 saturated carbocycles. The number of aromatic nitrogens is 6. The normalized spacial score (nSPS) is 17.4. The van der Waals surface area contributed by atoms with E-state index >= 15 is 0 Å². The molecule has 5 aromatic rings. The molecule has 0 spiro atoms. The lowest BCUT2D eigenvalue weighted by Crippen LogP contribution is -2.35. The number of halogens is 1. The van der Waals surface area contributed by atoms with Crippen LogP contribution in [-0.4, -0.2) is 53.7 Å². The van der Waals surface area contributed by atoms with E-state index in [2.05, 4.69) is 15.5 Å². The van der Waals surface area contributed by atoms with Gasteiger partial charge in [-0.15, -0.1) is 15.3 Å². The fraction of sp³-hybridized carbons (Fsp3) is 0.286. The molecular weight excluding hydrogens is 485 g/mol. The lowest BCUT2D eigenvalue weighted by atomic mass is 9.97. The first-order valence-electron chi connectivity index (χ1n) is 12.6. The van der Waals surface area contributed by atoms with Crippen LogP contribution in [0.25, 0.3) is 39.5 Å². The van der Waals surface area contributed by atoms with E-state index in [9.17, 15) is 9.50 Å². The first kappa shape index (κ1) is 24.2. The zero-order valence-electron chi connectivity index (χ0n) is 21.2. The largest absolute Gasteiger partial charge is 0.493 e. The van der Waals surface area contributed by atoms with Crippen LogP contribution in [0, 0.1) is 5.82 Å². The van der Waals surface area contributed by atoms with Crippen molar-refractivity contribution in [2.75, 3.05) is 7.11 Å². The number of aliphatic hydroxyl groups excluding tert-OH is 1. The summed E-state index contributed by atoms with van der Waals surface area (Å²) in [6, 6.07) is 14.5. The van der Waals surface area contributed by atoms with E-state index < -0.39 is 0 Å². The van der Waals surface area contributed by atoms with Crippen molar-refractivity contribution in [2.45, 2.75) is 38.0 Å². The molecule has 0 saturated heterocycles. The number of methoxy groups -OCH3 is 1. The van der Waals surface area contributed by atoms with Crippen LogP contribution in [0.15, 0.2) is 61.1 Å². The van der Waals surface area contributed by atoms with Gasteiger partial charge in [-0.05, 0) is 60.2 Å². The summed E-state index contributed by atoms with van der Waals surface area (Å²) in [7, 11) is 3.44. The predicted octanol–water partition coefficient (Wildman–Crippen LogP) is 4.01. The smallest absolute Gasteiger partial charge is 0.198 e. The third-order valence-electron chi connectivity index (χ3n) is 7.09. The Hall–Kier alpha value is -4.15. The molecular formula is C28H28FN7O2. The second kappa shape index (κ2) is 9.96. The number of hydrogen-bond acceptors (Lipinski definition) is 7. The van der Waals surface area contributed by atoms with Gasteiger partial charge in [0.2, 0.25) is 0 Å². The topological polar surface area (TPSA) is 102 Å². The number of benzene rings is 2. The van der Waals surface area contributed by atoms with Crippen molar-refractivity contribution >= 4 is 5.65 Å². The lowest BCUT2D eigenvalue weighted by Gasteiger charge is -2.16. The number of aliphatic hydroxyl groups is 1. The molecule has 2 atom stereocenters. The molecule has 0 unspecified atom stereocenters. The molecule has 3 heterocycles. The van der Waals surface area contributed by atoms with E-state index in [1.165, 1.54) is 12.1 Å². The van der Waals surface area contributed by atoms with Gasteiger partial charge in [-0.25, -0.2) is 13.9 Å². The lowest BCUT2D eigenvalue weighted by molar-refractivity contribution is 0.148. The summed E-state index contributed by atoms with van der Waals surface area (Å²) in [6.07, 6.45) is 6.05. The molecule has 0 bridgehead atoms. The molecule has 2 aromatic carbocycles. The average Bonchev–Trinajstić information content (AvgIpc) is 3.66. The van der Waals surface area contributed by atoms with Crippen LogP contribution in [0.4, 0.5) is 4.39 Å². The third-order valence-corrected chi connectivity index (χ3v) is 7.09. The van der Waals surface area contributed by atoms with E-state index in [-0.39, 0.29) is 18.0 Å². The van der Waals surface area contributed by atoms with Gasteiger partial charge in [0.1, 0.15) is 12.1 Å². The molecule has 6 rings (SSSR count). The maximum atomic E-state index is 14.2. The molecule has 1 aliphatic carbocycles. The number of nitrogens with one attached hydrogen (secondary N) is 1. The maximum Gasteiger partial charge on any atom is 0.198 e. The van der Waals surface area contributed by atoms with Gasteiger partial charge in [-0.3, -0.25) is 0 Å². The highest BCUT2D eigenvalue weighted by Gasteiger charge is 2.24. The van der Waals surface area contributed by atoms with Crippen LogP contribution < -0.4 is 10.1 Å². The van der Waals surface area contributed by atoms with Gasteiger partial charge >= 0.3 is 0 Å². The van der Waals surface area contributed by atoms with Crippen LogP contribution in [0.5, 0.6) is 5.75 Å². The summed E-state index contributed by atoms with van der Waals surface area (Å²) in [4.78, 5) is 4.76. The summed E-state index contributed by atoms with van der Waals surface area (Å²) in [5.41, 5.74) is 4.77. The van der Waals surface area contributed by atoms with E-state index in [1.807, 2.05) is 43.6 Å². The number of nitrogens with zero attached hydrogens (tertiary/aromatic N) is 6. The Morgan fingerprint density at radius 3 is 2.74 bits per heavy atom. The van der Waals surface area contributed by atoms with Gasteiger partial charge in [-0.2, -0.15) is 0 Å². The first-order valence-corrected chi connectivity index (χ1v) is 12.6. The number of fused-ring (bicyclic) bond motifs is 1. The number of rotatable bonds is 7.